The zero-order valence-electron chi connectivity index (χ0n) is 9.98. The van der Waals surface area contributed by atoms with Crippen LogP contribution in [0.15, 0.2) is 23.1 Å². The van der Waals surface area contributed by atoms with Crippen molar-refractivity contribution in [2.24, 2.45) is 7.05 Å². The summed E-state index contributed by atoms with van der Waals surface area (Å²) in [5.41, 5.74) is -0.750. The van der Waals surface area contributed by atoms with E-state index >= 15 is 0 Å². The monoisotopic (exact) mass is 301 g/mol. The van der Waals surface area contributed by atoms with Crippen molar-refractivity contribution >= 4 is 21.9 Å². The Hall–Kier alpha value is -2.56. The topological polar surface area (TPSA) is 127 Å². The Bertz CT molecular complexity index is 772. The van der Waals surface area contributed by atoms with Gasteiger partial charge in [0.25, 0.3) is 16.0 Å². The number of carboxylic acid groups (broad SMARTS) is 1. The lowest BCUT2D eigenvalue weighted by molar-refractivity contribution is 0.0691. The van der Waals surface area contributed by atoms with Crippen LogP contribution in [0.25, 0.3) is 0 Å². The highest BCUT2D eigenvalue weighted by Crippen LogP contribution is 2.17. The van der Waals surface area contributed by atoms with E-state index in [-0.39, 0.29) is 5.95 Å². The van der Waals surface area contributed by atoms with E-state index in [0.29, 0.717) is 6.07 Å². The molecule has 106 valence electrons. The third kappa shape index (κ3) is 2.71. The fourth-order valence-corrected chi connectivity index (χ4v) is 2.30. The molecule has 9 nitrogen and oxygen atoms in total. The number of aromatic carboxylic acids is 1. The smallest absolute Gasteiger partial charge is 0.338 e. The molecule has 0 saturated heterocycles. The third-order valence-electron chi connectivity index (χ3n) is 2.21. The number of hydrogen-bond donors (Lipinski definition) is 2. The lowest BCUT2D eigenvalue weighted by Crippen LogP contribution is -2.15. The van der Waals surface area contributed by atoms with E-state index in [9.17, 15) is 17.6 Å². The number of rotatable bonds is 4. The summed E-state index contributed by atoms with van der Waals surface area (Å²) in [7, 11) is -2.70. The zero-order valence-corrected chi connectivity index (χ0v) is 10.8. The van der Waals surface area contributed by atoms with Crippen LogP contribution in [0.5, 0.6) is 0 Å². The summed E-state index contributed by atoms with van der Waals surface area (Å²) >= 11 is 0. The van der Waals surface area contributed by atoms with E-state index in [4.69, 9.17) is 5.11 Å². The second kappa shape index (κ2) is 4.85. The minimum atomic E-state index is -4.13. The van der Waals surface area contributed by atoms with Crippen LogP contribution in [-0.2, 0) is 17.1 Å². The molecule has 2 aromatic rings. The molecule has 11 heteroatoms. The van der Waals surface area contributed by atoms with Gasteiger partial charge in [-0.2, -0.15) is 4.80 Å². The van der Waals surface area contributed by atoms with Gasteiger partial charge in [-0.3, -0.25) is 0 Å². The predicted molar refractivity (Wildman–Crippen MR) is 63.0 cm³/mol. The number of hydrogen-bond acceptors (Lipinski definition) is 6. The lowest BCUT2D eigenvalue weighted by Gasteiger charge is -2.05. The fraction of sp³-hybridized carbons (Fsp3) is 0.111. The van der Waals surface area contributed by atoms with Gasteiger partial charge in [-0.05, 0) is 23.4 Å². The largest absolute Gasteiger partial charge is 0.478 e. The number of nitrogens with one attached hydrogen (secondary N) is 1. The fourth-order valence-electron chi connectivity index (χ4n) is 1.34. The molecule has 0 fully saturated rings. The van der Waals surface area contributed by atoms with E-state index in [0.717, 1.165) is 16.9 Å². The standard InChI is InChI=1S/C9H8FN5O4S/c1-15-12-9(11-14-15)13-20(18,19)5-2-3-7(10)6(4-5)8(16)17/h2-4H,1H3,(H,12,13)(H,16,17). The molecule has 0 amide bonds. The van der Waals surface area contributed by atoms with E-state index in [1.54, 1.807) is 0 Å². The van der Waals surface area contributed by atoms with Gasteiger partial charge in [-0.15, -0.1) is 5.10 Å². The summed E-state index contributed by atoms with van der Waals surface area (Å²) < 4.78 is 39.1. The van der Waals surface area contributed by atoms with Gasteiger partial charge < -0.3 is 5.11 Å². The summed E-state index contributed by atoms with van der Waals surface area (Å²) in [6.07, 6.45) is 0. The van der Waals surface area contributed by atoms with Crippen LogP contribution in [0.3, 0.4) is 0 Å². The number of nitrogens with zero attached hydrogens (tertiary/aromatic N) is 4. The summed E-state index contributed by atoms with van der Waals surface area (Å²) in [6, 6.07) is 2.39. The molecule has 1 heterocycles. The maximum Gasteiger partial charge on any atom is 0.338 e. The first-order chi connectivity index (χ1) is 9.29. The van der Waals surface area contributed by atoms with Crippen molar-refractivity contribution in [2.45, 2.75) is 4.90 Å². The van der Waals surface area contributed by atoms with Crippen molar-refractivity contribution in [3.05, 3.63) is 29.6 Å². The Kier molecular flexibility index (Phi) is 3.36. The maximum atomic E-state index is 13.2. The Morgan fingerprint density at radius 1 is 1.45 bits per heavy atom. The van der Waals surface area contributed by atoms with Gasteiger partial charge in [0.2, 0.25) is 0 Å². The summed E-state index contributed by atoms with van der Waals surface area (Å²) in [5.74, 6) is -2.89. The molecular formula is C9H8FN5O4S. The molecule has 2 N–H and O–H groups in total. The van der Waals surface area contributed by atoms with Crippen LogP contribution in [0, 0.1) is 5.82 Å². The normalized spacial score (nSPS) is 11.3. The number of aromatic nitrogens is 4. The third-order valence-corrected chi connectivity index (χ3v) is 3.54. The first-order valence-corrected chi connectivity index (χ1v) is 6.57. The Balaban J connectivity index is 2.39. The number of aryl methyl sites for hydroxylation is 1. The molecule has 1 aromatic carbocycles. The van der Waals surface area contributed by atoms with Crippen LogP contribution in [0.4, 0.5) is 10.3 Å². The first kappa shape index (κ1) is 13.9. The zero-order chi connectivity index (χ0) is 14.9. The average molecular weight is 301 g/mol. The molecule has 20 heavy (non-hydrogen) atoms. The van der Waals surface area contributed by atoms with Crippen LogP contribution in [0.2, 0.25) is 0 Å². The molecular weight excluding hydrogens is 293 g/mol. The minimum absolute atomic E-state index is 0.284. The van der Waals surface area contributed by atoms with E-state index in [1.165, 1.54) is 7.05 Å². The molecule has 0 radical (unpaired) electrons. The van der Waals surface area contributed by atoms with Crippen molar-refractivity contribution < 1.29 is 22.7 Å². The number of carbonyl (C=O) groups is 1. The molecule has 0 spiro atoms. The molecule has 0 aliphatic rings. The Labute approximate surface area is 112 Å². The molecule has 0 saturated carbocycles. The molecule has 1 aromatic heterocycles. The van der Waals surface area contributed by atoms with Crippen molar-refractivity contribution in [3.8, 4) is 0 Å². The summed E-state index contributed by atoms with van der Waals surface area (Å²) in [4.78, 5) is 11.4. The molecule has 0 atom stereocenters. The SMILES string of the molecule is Cn1nnc(NS(=O)(=O)c2ccc(F)c(C(=O)O)c2)n1. The highest BCUT2D eigenvalue weighted by atomic mass is 32.2. The van der Waals surface area contributed by atoms with Crippen LogP contribution in [-0.4, -0.2) is 39.7 Å². The molecule has 0 unspecified atom stereocenters. The number of anilines is 1. The number of sulfonamides is 1. The van der Waals surface area contributed by atoms with Crippen molar-refractivity contribution in [1.82, 2.24) is 20.2 Å². The second-order valence-electron chi connectivity index (χ2n) is 3.65. The van der Waals surface area contributed by atoms with Crippen molar-refractivity contribution in [3.63, 3.8) is 0 Å². The van der Waals surface area contributed by atoms with Gasteiger partial charge in [-0.25, -0.2) is 22.3 Å². The van der Waals surface area contributed by atoms with Crippen LogP contribution >= 0.6 is 0 Å². The summed E-state index contributed by atoms with van der Waals surface area (Å²) in [5, 5.41) is 19.2. The first-order valence-electron chi connectivity index (χ1n) is 5.09. The number of halogens is 1. The number of tetrazole rings is 1. The maximum absolute atomic E-state index is 13.2. The van der Waals surface area contributed by atoms with Gasteiger partial charge in [0.05, 0.1) is 17.5 Å². The van der Waals surface area contributed by atoms with Crippen LogP contribution in [0.1, 0.15) is 10.4 Å². The Morgan fingerprint density at radius 3 is 2.70 bits per heavy atom. The molecule has 0 bridgehead atoms. The van der Waals surface area contributed by atoms with Crippen molar-refractivity contribution in [1.29, 1.82) is 0 Å². The molecule has 0 aliphatic heterocycles. The van der Waals surface area contributed by atoms with Gasteiger partial charge in [0.15, 0.2) is 0 Å². The van der Waals surface area contributed by atoms with E-state index in [2.05, 4.69) is 15.4 Å². The van der Waals surface area contributed by atoms with Gasteiger partial charge in [0.1, 0.15) is 5.82 Å². The van der Waals surface area contributed by atoms with Gasteiger partial charge >= 0.3 is 5.97 Å². The van der Waals surface area contributed by atoms with E-state index < -0.39 is 32.3 Å². The van der Waals surface area contributed by atoms with Crippen molar-refractivity contribution in [2.75, 3.05) is 4.72 Å². The molecule has 2 rings (SSSR count). The number of carboxylic acids is 1. The van der Waals surface area contributed by atoms with E-state index in [1.807, 2.05) is 4.72 Å². The van der Waals surface area contributed by atoms with Crippen LogP contribution < -0.4 is 4.72 Å². The van der Waals surface area contributed by atoms with Gasteiger partial charge in [-0.1, -0.05) is 5.10 Å². The average Bonchev–Trinajstić information content (AvgIpc) is 2.73. The van der Waals surface area contributed by atoms with Gasteiger partial charge in [0, 0.05) is 0 Å². The lowest BCUT2D eigenvalue weighted by atomic mass is 10.2. The predicted octanol–water partition coefficient (Wildman–Crippen LogP) is -0.152. The second-order valence-corrected chi connectivity index (χ2v) is 5.34. The summed E-state index contributed by atoms with van der Waals surface area (Å²) in [6.45, 7) is 0. The molecule has 0 aliphatic carbocycles. The Morgan fingerprint density at radius 2 is 2.15 bits per heavy atom. The quantitative estimate of drug-likeness (QED) is 0.803. The minimum Gasteiger partial charge on any atom is -0.478 e. The highest BCUT2D eigenvalue weighted by Gasteiger charge is 2.20. The highest BCUT2D eigenvalue weighted by molar-refractivity contribution is 7.92. The number of benzene rings is 1.